The van der Waals surface area contributed by atoms with E-state index in [1.807, 2.05) is 0 Å². The number of rotatable bonds is 10. The fourth-order valence-corrected chi connectivity index (χ4v) is 2.38. The van der Waals surface area contributed by atoms with Gasteiger partial charge < -0.3 is 19.3 Å². The molecule has 146 valence electrons. The SMILES string of the molecule is C=CC(=O)OCCOc1c(OCC)cccc1C(=O)c1ccc(C(=O)O)cc1. The molecule has 0 aromatic heterocycles. The van der Waals surface area contributed by atoms with Gasteiger partial charge in [0, 0.05) is 11.6 Å². The Hall–Kier alpha value is -3.61. The molecule has 7 heteroatoms. The molecule has 2 rings (SSSR count). The molecule has 0 atom stereocenters. The van der Waals surface area contributed by atoms with E-state index in [-0.39, 0.29) is 35.9 Å². The zero-order chi connectivity index (χ0) is 20.5. The van der Waals surface area contributed by atoms with Crippen LogP contribution in [0.25, 0.3) is 0 Å². The maximum atomic E-state index is 12.9. The number of hydrogen-bond donors (Lipinski definition) is 1. The largest absolute Gasteiger partial charge is 0.490 e. The minimum atomic E-state index is -1.07. The molecule has 0 aliphatic heterocycles. The van der Waals surface area contributed by atoms with Crippen LogP contribution in [0.3, 0.4) is 0 Å². The van der Waals surface area contributed by atoms with Crippen LogP contribution in [0.15, 0.2) is 55.1 Å². The van der Waals surface area contributed by atoms with E-state index in [2.05, 4.69) is 6.58 Å². The van der Waals surface area contributed by atoms with Crippen LogP contribution < -0.4 is 9.47 Å². The molecule has 0 saturated heterocycles. The summed E-state index contributed by atoms with van der Waals surface area (Å²) in [4.78, 5) is 35.0. The molecule has 7 nitrogen and oxygen atoms in total. The van der Waals surface area contributed by atoms with Gasteiger partial charge in [-0.2, -0.15) is 0 Å². The van der Waals surface area contributed by atoms with Crippen molar-refractivity contribution in [2.24, 2.45) is 0 Å². The molecular weight excluding hydrogens is 364 g/mol. The van der Waals surface area contributed by atoms with Crippen molar-refractivity contribution in [2.75, 3.05) is 19.8 Å². The van der Waals surface area contributed by atoms with Gasteiger partial charge in [0.05, 0.1) is 17.7 Å². The lowest BCUT2D eigenvalue weighted by Gasteiger charge is -2.15. The predicted octanol–water partition coefficient (Wildman–Crippen LogP) is 3.12. The lowest BCUT2D eigenvalue weighted by Crippen LogP contribution is -2.13. The van der Waals surface area contributed by atoms with Crippen molar-refractivity contribution in [3.05, 3.63) is 71.8 Å². The molecule has 2 aromatic rings. The molecule has 0 aliphatic carbocycles. The Morgan fingerprint density at radius 3 is 2.29 bits per heavy atom. The van der Waals surface area contributed by atoms with Gasteiger partial charge in [0.1, 0.15) is 13.2 Å². The summed E-state index contributed by atoms with van der Waals surface area (Å²) in [5, 5.41) is 8.98. The van der Waals surface area contributed by atoms with Crippen LogP contribution in [0.1, 0.15) is 33.2 Å². The van der Waals surface area contributed by atoms with Crippen LogP contribution in [-0.4, -0.2) is 42.6 Å². The molecule has 0 heterocycles. The van der Waals surface area contributed by atoms with Crippen LogP contribution in [0.2, 0.25) is 0 Å². The predicted molar refractivity (Wildman–Crippen MR) is 101 cm³/mol. The van der Waals surface area contributed by atoms with Crippen LogP contribution >= 0.6 is 0 Å². The van der Waals surface area contributed by atoms with Crippen molar-refractivity contribution in [3.63, 3.8) is 0 Å². The zero-order valence-electron chi connectivity index (χ0n) is 15.3. The van der Waals surface area contributed by atoms with Gasteiger partial charge in [0.2, 0.25) is 0 Å². The van der Waals surface area contributed by atoms with E-state index < -0.39 is 11.9 Å². The maximum absolute atomic E-state index is 12.9. The molecule has 2 aromatic carbocycles. The van der Waals surface area contributed by atoms with Crippen molar-refractivity contribution in [1.29, 1.82) is 0 Å². The number of esters is 1. The van der Waals surface area contributed by atoms with E-state index in [1.54, 1.807) is 25.1 Å². The first-order chi connectivity index (χ1) is 13.5. The summed E-state index contributed by atoms with van der Waals surface area (Å²) < 4.78 is 16.1. The Labute approximate surface area is 162 Å². The Kier molecular flexibility index (Phi) is 7.33. The average Bonchev–Trinajstić information content (AvgIpc) is 2.71. The third-order valence-electron chi connectivity index (χ3n) is 3.66. The van der Waals surface area contributed by atoms with Crippen molar-refractivity contribution in [2.45, 2.75) is 6.92 Å². The van der Waals surface area contributed by atoms with Gasteiger partial charge in [-0.15, -0.1) is 0 Å². The third kappa shape index (κ3) is 5.20. The number of carbonyl (C=O) groups excluding carboxylic acids is 2. The Morgan fingerprint density at radius 1 is 1.00 bits per heavy atom. The molecule has 0 bridgehead atoms. The summed E-state index contributed by atoms with van der Waals surface area (Å²) >= 11 is 0. The third-order valence-corrected chi connectivity index (χ3v) is 3.66. The summed E-state index contributed by atoms with van der Waals surface area (Å²) in [7, 11) is 0. The fourth-order valence-electron chi connectivity index (χ4n) is 2.38. The van der Waals surface area contributed by atoms with Gasteiger partial charge in [0.15, 0.2) is 17.3 Å². The number of ketones is 1. The highest BCUT2D eigenvalue weighted by molar-refractivity contribution is 6.11. The second-order valence-corrected chi connectivity index (χ2v) is 5.50. The highest BCUT2D eigenvalue weighted by Gasteiger charge is 2.19. The van der Waals surface area contributed by atoms with E-state index in [1.165, 1.54) is 24.3 Å². The van der Waals surface area contributed by atoms with Crippen LogP contribution in [0.5, 0.6) is 11.5 Å². The number of carbonyl (C=O) groups is 3. The summed E-state index contributed by atoms with van der Waals surface area (Å²) in [5.74, 6) is -1.39. The van der Waals surface area contributed by atoms with E-state index in [0.717, 1.165) is 6.08 Å². The summed E-state index contributed by atoms with van der Waals surface area (Å²) in [6.07, 6.45) is 1.05. The van der Waals surface area contributed by atoms with E-state index in [4.69, 9.17) is 19.3 Å². The molecule has 0 amide bonds. The fraction of sp³-hybridized carbons (Fsp3) is 0.190. The lowest BCUT2D eigenvalue weighted by atomic mass is 10.0. The number of carboxylic acids is 1. The molecule has 0 spiro atoms. The topological polar surface area (TPSA) is 99.1 Å². The first-order valence-electron chi connectivity index (χ1n) is 8.53. The monoisotopic (exact) mass is 384 g/mol. The van der Waals surface area contributed by atoms with Gasteiger partial charge in [-0.3, -0.25) is 4.79 Å². The van der Waals surface area contributed by atoms with Crippen molar-refractivity contribution in [3.8, 4) is 11.5 Å². The standard InChI is InChI=1S/C21H20O7/c1-3-18(22)27-12-13-28-20-16(6-5-7-17(20)26-4-2)19(23)14-8-10-15(11-9-14)21(24)25/h3,5-11H,1,4,12-13H2,2H3,(H,24,25). The number of benzene rings is 2. The summed E-state index contributed by atoms with van der Waals surface area (Å²) in [6.45, 7) is 5.47. The van der Waals surface area contributed by atoms with Crippen LogP contribution in [-0.2, 0) is 9.53 Å². The summed E-state index contributed by atoms with van der Waals surface area (Å²) in [5.41, 5.74) is 0.644. The molecular formula is C21H20O7. The van der Waals surface area contributed by atoms with Crippen molar-refractivity contribution in [1.82, 2.24) is 0 Å². The average molecular weight is 384 g/mol. The van der Waals surface area contributed by atoms with E-state index >= 15 is 0 Å². The molecule has 0 radical (unpaired) electrons. The molecule has 0 saturated carbocycles. The quantitative estimate of drug-likeness (QED) is 0.291. The Morgan fingerprint density at radius 2 is 1.68 bits per heavy atom. The minimum absolute atomic E-state index is 0.0158. The number of ether oxygens (including phenoxy) is 3. The van der Waals surface area contributed by atoms with Gasteiger partial charge in [0.25, 0.3) is 0 Å². The molecule has 0 unspecified atom stereocenters. The number of hydrogen-bond acceptors (Lipinski definition) is 6. The van der Waals surface area contributed by atoms with Crippen LogP contribution in [0, 0.1) is 0 Å². The van der Waals surface area contributed by atoms with Gasteiger partial charge in [-0.1, -0.05) is 24.8 Å². The Bertz CT molecular complexity index is 869. The lowest BCUT2D eigenvalue weighted by molar-refractivity contribution is -0.138. The molecule has 0 aliphatic rings. The number of aromatic carboxylic acids is 1. The first kappa shape index (κ1) is 20.7. The minimum Gasteiger partial charge on any atom is -0.490 e. The summed E-state index contributed by atoms with van der Waals surface area (Å²) in [6, 6.07) is 10.5. The molecule has 28 heavy (non-hydrogen) atoms. The molecule has 0 fully saturated rings. The van der Waals surface area contributed by atoms with E-state index in [0.29, 0.717) is 17.9 Å². The second-order valence-electron chi connectivity index (χ2n) is 5.50. The first-order valence-corrected chi connectivity index (χ1v) is 8.53. The van der Waals surface area contributed by atoms with Crippen molar-refractivity contribution >= 4 is 17.7 Å². The second kappa shape index (κ2) is 9.91. The number of carboxylic acid groups (broad SMARTS) is 1. The molecule has 1 N–H and O–H groups in total. The van der Waals surface area contributed by atoms with Gasteiger partial charge in [-0.05, 0) is 31.2 Å². The van der Waals surface area contributed by atoms with Gasteiger partial charge in [-0.25, -0.2) is 9.59 Å². The highest BCUT2D eigenvalue weighted by Crippen LogP contribution is 2.33. The normalized spacial score (nSPS) is 10.0. The smallest absolute Gasteiger partial charge is 0.335 e. The Balaban J connectivity index is 2.27. The van der Waals surface area contributed by atoms with Crippen molar-refractivity contribution < 1.29 is 33.7 Å². The van der Waals surface area contributed by atoms with Crippen LogP contribution in [0.4, 0.5) is 0 Å². The zero-order valence-corrected chi connectivity index (χ0v) is 15.3. The van der Waals surface area contributed by atoms with Gasteiger partial charge >= 0.3 is 11.9 Å². The van der Waals surface area contributed by atoms with E-state index in [9.17, 15) is 14.4 Å². The highest BCUT2D eigenvalue weighted by atomic mass is 16.6. The maximum Gasteiger partial charge on any atom is 0.335 e. The number of para-hydroxylation sites is 1.